The Labute approximate surface area is 159 Å². The maximum Gasteiger partial charge on any atom is 0.287 e. The minimum atomic E-state index is -3.37. The van der Waals surface area contributed by atoms with Crippen molar-refractivity contribution in [2.75, 3.05) is 22.3 Å². The fourth-order valence-electron chi connectivity index (χ4n) is 1.98. The Balaban J connectivity index is 1.92. The molecule has 0 saturated heterocycles. The third-order valence-electron chi connectivity index (χ3n) is 3.36. The summed E-state index contributed by atoms with van der Waals surface area (Å²) in [4.78, 5) is 23.8. The van der Waals surface area contributed by atoms with Crippen molar-refractivity contribution in [1.82, 2.24) is 5.32 Å². The first-order valence-electron chi connectivity index (χ1n) is 7.64. The van der Waals surface area contributed by atoms with Crippen LogP contribution >= 0.6 is 15.9 Å². The van der Waals surface area contributed by atoms with Gasteiger partial charge in [0.1, 0.15) is 0 Å². The molecule has 140 valence electrons. The number of sulfonamides is 1. The molecular weight excluding hydrogens is 426 g/mol. The molecule has 2 aromatic rings. The molecule has 8 nitrogen and oxygen atoms in total. The molecule has 0 saturated carbocycles. The Kier molecular flexibility index (Phi) is 6.43. The van der Waals surface area contributed by atoms with Crippen LogP contribution in [0.5, 0.6) is 0 Å². The molecule has 0 atom stereocenters. The van der Waals surface area contributed by atoms with Gasteiger partial charge in [-0.25, -0.2) is 8.42 Å². The zero-order valence-corrected chi connectivity index (χ0v) is 16.5. The quantitative estimate of drug-likeness (QED) is 0.607. The third-order valence-corrected chi connectivity index (χ3v) is 5.08. The first kappa shape index (κ1) is 20.0. The summed E-state index contributed by atoms with van der Waals surface area (Å²) in [5.74, 6) is -0.874. The van der Waals surface area contributed by atoms with E-state index in [2.05, 4.69) is 31.3 Å². The Morgan fingerprint density at radius 1 is 1.19 bits per heavy atom. The predicted octanol–water partition coefficient (Wildman–Crippen LogP) is 2.48. The highest BCUT2D eigenvalue weighted by Gasteiger charge is 2.13. The van der Waals surface area contributed by atoms with Gasteiger partial charge in [0.2, 0.25) is 15.9 Å². The van der Waals surface area contributed by atoms with E-state index >= 15 is 0 Å². The number of amides is 2. The van der Waals surface area contributed by atoms with Crippen molar-refractivity contribution in [3.05, 3.63) is 46.3 Å². The zero-order chi connectivity index (χ0) is 19.3. The zero-order valence-electron chi connectivity index (χ0n) is 14.1. The van der Waals surface area contributed by atoms with Crippen molar-refractivity contribution in [3.63, 3.8) is 0 Å². The molecule has 1 heterocycles. The van der Waals surface area contributed by atoms with Gasteiger partial charge >= 0.3 is 0 Å². The molecule has 0 aliphatic rings. The predicted molar refractivity (Wildman–Crippen MR) is 102 cm³/mol. The molecule has 0 bridgehead atoms. The van der Waals surface area contributed by atoms with Crippen LogP contribution in [0.3, 0.4) is 0 Å². The first-order valence-corrected chi connectivity index (χ1v) is 10.1. The van der Waals surface area contributed by atoms with Gasteiger partial charge in [0, 0.05) is 5.69 Å². The molecule has 2 rings (SSSR count). The topological polar surface area (TPSA) is 118 Å². The smallest absolute Gasteiger partial charge is 0.287 e. The van der Waals surface area contributed by atoms with Crippen molar-refractivity contribution in [2.45, 2.75) is 13.8 Å². The SMILES string of the molecule is CCS(=O)(=O)Nc1ccc(NC(=O)CNC(=O)c2ccc(Br)o2)cc1C. The van der Waals surface area contributed by atoms with Gasteiger partial charge in [0.15, 0.2) is 10.4 Å². The second-order valence-corrected chi connectivity index (χ2v) is 8.16. The summed E-state index contributed by atoms with van der Waals surface area (Å²) in [7, 11) is -3.37. The highest BCUT2D eigenvalue weighted by atomic mass is 79.9. The summed E-state index contributed by atoms with van der Waals surface area (Å²) in [6.45, 7) is 3.03. The molecule has 0 spiro atoms. The number of carbonyl (C=O) groups excluding carboxylic acids is 2. The van der Waals surface area contributed by atoms with Crippen LogP contribution in [0, 0.1) is 6.92 Å². The van der Waals surface area contributed by atoms with Crippen LogP contribution in [-0.4, -0.2) is 32.5 Å². The van der Waals surface area contributed by atoms with Gasteiger partial charge in [0.25, 0.3) is 5.91 Å². The van der Waals surface area contributed by atoms with Crippen LogP contribution in [0.15, 0.2) is 39.4 Å². The molecule has 10 heteroatoms. The lowest BCUT2D eigenvalue weighted by Gasteiger charge is -2.12. The number of benzene rings is 1. The number of rotatable bonds is 7. The van der Waals surface area contributed by atoms with Gasteiger partial charge in [-0.1, -0.05) is 0 Å². The third kappa shape index (κ3) is 5.60. The Morgan fingerprint density at radius 2 is 1.92 bits per heavy atom. The van der Waals surface area contributed by atoms with E-state index in [4.69, 9.17) is 4.42 Å². The summed E-state index contributed by atoms with van der Waals surface area (Å²) >= 11 is 3.09. The monoisotopic (exact) mass is 443 g/mol. The van der Waals surface area contributed by atoms with E-state index in [1.165, 1.54) is 6.07 Å². The standard InChI is InChI=1S/C16H18BrN3O5S/c1-3-26(23,24)20-12-5-4-11(8-10(12)2)19-15(21)9-18-16(22)13-6-7-14(17)25-13/h4-8,20H,3,9H2,1-2H3,(H,18,22)(H,19,21). The molecular formula is C16H18BrN3O5S. The van der Waals surface area contributed by atoms with Crippen LogP contribution in [0.1, 0.15) is 23.0 Å². The molecule has 26 heavy (non-hydrogen) atoms. The molecule has 0 unspecified atom stereocenters. The van der Waals surface area contributed by atoms with E-state index in [9.17, 15) is 18.0 Å². The Hall–Kier alpha value is -2.33. The lowest BCUT2D eigenvalue weighted by molar-refractivity contribution is -0.115. The van der Waals surface area contributed by atoms with E-state index in [1.54, 1.807) is 38.1 Å². The molecule has 0 fully saturated rings. The second-order valence-electron chi connectivity index (χ2n) is 5.37. The van der Waals surface area contributed by atoms with Gasteiger partial charge in [-0.2, -0.15) is 0 Å². The lowest BCUT2D eigenvalue weighted by Crippen LogP contribution is -2.32. The number of halogens is 1. The minimum absolute atomic E-state index is 0.0309. The second kappa shape index (κ2) is 8.37. The Bertz CT molecular complexity index is 924. The van der Waals surface area contributed by atoms with Crippen LogP contribution in [-0.2, 0) is 14.8 Å². The van der Waals surface area contributed by atoms with Gasteiger partial charge < -0.3 is 15.1 Å². The number of hydrogen-bond acceptors (Lipinski definition) is 5. The molecule has 0 radical (unpaired) electrons. The van der Waals surface area contributed by atoms with Crippen LogP contribution in [0.2, 0.25) is 0 Å². The van der Waals surface area contributed by atoms with Crippen molar-refractivity contribution < 1.29 is 22.4 Å². The summed E-state index contributed by atoms with van der Waals surface area (Å²) in [5.41, 5.74) is 1.59. The molecule has 1 aromatic heterocycles. The largest absolute Gasteiger partial charge is 0.444 e. The van der Waals surface area contributed by atoms with E-state index < -0.39 is 21.8 Å². The van der Waals surface area contributed by atoms with Crippen molar-refractivity contribution in [3.8, 4) is 0 Å². The molecule has 3 N–H and O–H groups in total. The van der Waals surface area contributed by atoms with Crippen LogP contribution < -0.4 is 15.4 Å². The molecule has 2 amide bonds. The highest BCUT2D eigenvalue weighted by molar-refractivity contribution is 9.10. The van der Waals surface area contributed by atoms with Crippen molar-refractivity contribution in [1.29, 1.82) is 0 Å². The fraction of sp³-hybridized carbons (Fsp3) is 0.250. The summed E-state index contributed by atoms with van der Waals surface area (Å²) in [5, 5.41) is 5.07. The first-order chi connectivity index (χ1) is 12.2. The average Bonchev–Trinajstić information content (AvgIpc) is 3.02. The number of aryl methyl sites for hydroxylation is 1. The summed E-state index contributed by atoms with van der Waals surface area (Å²) in [6, 6.07) is 7.83. The Morgan fingerprint density at radius 3 is 2.50 bits per heavy atom. The van der Waals surface area contributed by atoms with E-state index in [0.717, 1.165) is 0 Å². The van der Waals surface area contributed by atoms with Crippen molar-refractivity contribution >= 4 is 49.1 Å². The van der Waals surface area contributed by atoms with E-state index in [0.29, 0.717) is 21.6 Å². The molecule has 1 aromatic carbocycles. The summed E-state index contributed by atoms with van der Waals surface area (Å²) < 4.78 is 31.2. The minimum Gasteiger partial charge on any atom is -0.444 e. The average molecular weight is 444 g/mol. The molecule has 0 aliphatic heterocycles. The van der Waals surface area contributed by atoms with E-state index in [-0.39, 0.29) is 18.1 Å². The maximum atomic E-state index is 11.9. The van der Waals surface area contributed by atoms with Crippen LogP contribution in [0.25, 0.3) is 0 Å². The van der Waals surface area contributed by atoms with Crippen LogP contribution in [0.4, 0.5) is 11.4 Å². The number of furan rings is 1. The fourth-order valence-corrected chi connectivity index (χ4v) is 3.00. The number of anilines is 2. The van der Waals surface area contributed by atoms with Gasteiger partial charge in [-0.3, -0.25) is 14.3 Å². The van der Waals surface area contributed by atoms with Gasteiger partial charge in [-0.15, -0.1) is 0 Å². The van der Waals surface area contributed by atoms with Gasteiger partial charge in [0.05, 0.1) is 18.0 Å². The lowest BCUT2D eigenvalue weighted by atomic mass is 10.2. The van der Waals surface area contributed by atoms with E-state index in [1.807, 2.05) is 0 Å². The maximum absolute atomic E-state index is 11.9. The number of hydrogen-bond donors (Lipinski definition) is 3. The van der Waals surface area contributed by atoms with Crippen molar-refractivity contribution in [2.24, 2.45) is 0 Å². The molecule has 0 aliphatic carbocycles. The number of carbonyl (C=O) groups is 2. The van der Waals surface area contributed by atoms with Gasteiger partial charge in [-0.05, 0) is 65.7 Å². The highest BCUT2D eigenvalue weighted by Crippen LogP contribution is 2.21. The number of nitrogens with one attached hydrogen (secondary N) is 3. The normalized spacial score (nSPS) is 11.0. The summed E-state index contributed by atoms with van der Waals surface area (Å²) in [6.07, 6.45) is 0.